The smallest absolute Gasteiger partial charge is 0.262 e. The van der Waals surface area contributed by atoms with Crippen molar-refractivity contribution in [2.75, 3.05) is 11.8 Å². The van der Waals surface area contributed by atoms with Crippen LogP contribution in [0.2, 0.25) is 0 Å². The molecule has 0 radical (unpaired) electrons. The van der Waals surface area contributed by atoms with Crippen molar-refractivity contribution < 1.29 is 13.2 Å². The van der Waals surface area contributed by atoms with Crippen molar-refractivity contribution in [3.8, 4) is 5.75 Å². The number of sulfonamides is 1. The normalized spacial score (nSPS) is 10.9. The molecule has 0 aromatic heterocycles. The summed E-state index contributed by atoms with van der Waals surface area (Å²) in [6.07, 6.45) is 0. The molecule has 0 amide bonds. The van der Waals surface area contributed by atoms with Gasteiger partial charge in [0.1, 0.15) is 10.7 Å². The van der Waals surface area contributed by atoms with Crippen LogP contribution in [0.15, 0.2) is 53.4 Å². The molecule has 0 saturated carbocycles. The molecule has 7 heteroatoms. The molecule has 0 aliphatic carbocycles. The first-order valence-electron chi connectivity index (χ1n) is 6.00. The summed E-state index contributed by atoms with van der Waals surface area (Å²) in [5, 5.41) is 0. The maximum absolute atomic E-state index is 12.4. The van der Waals surface area contributed by atoms with Gasteiger partial charge in [0, 0.05) is 11.3 Å². The standard InChI is InChI=1S/C14H14N2O3S2/c1-19-11-8-6-10(7-9-11)16-21(17,18)13-5-3-2-4-12(13)14(15)20/h2-9,16H,1H3,(H2,15,20). The van der Waals surface area contributed by atoms with Gasteiger partial charge in [-0.1, -0.05) is 30.4 Å². The van der Waals surface area contributed by atoms with Gasteiger partial charge in [-0.05, 0) is 30.3 Å². The highest BCUT2D eigenvalue weighted by atomic mass is 32.2. The number of hydrogen-bond donors (Lipinski definition) is 2. The van der Waals surface area contributed by atoms with Crippen LogP contribution in [0.3, 0.4) is 0 Å². The lowest BCUT2D eigenvalue weighted by atomic mass is 10.2. The fourth-order valence-corrected chi connectivity index (χ4v) is 3.30. The van der Waals surface area contributed by atoms with Crippen LogP contribution in [0, 0.1) is 0 Å². The number of methoxy groups -OCH3 is 1. The number of anilines is 1. The van der Waals surface area contributed by atoms with Crippen molar-refractivity contribution in [2.45, 2.75) is 4.90 Å². The van der Waals surface area contributed by atoms with E-state index in [1.165, 1.54) is 13.2 Å². The van der Waals surface area contributed by atoms with E-state index >= 15 is 0 Å². The third-order valence-corrected chi connectivity index (χ3v) is 4.44. The van der Waals surface area contributed by atoms with Gasteiger partial charge >= 0.3 is 0 Å². The van der Waals surface area contributed by atoms with Crippen molar-refractivity contribution in [2.24, 2.45) is 5.73 Å². The molecule has 0 aliphatic heterocycles. The van der Waals surface area contributed by atoms with Crippen LogP contribution in [0.25, 0.3) is 0 Å². The van der Waals surface area contributed by atoms with Crippen molar-refractivity contribution in [3.63, 3.8) is 0 Å². The molecule has 0 heterocycles. The molecule has 0 fully saturated rings. The Balaban J connectivity index is 2.36. The Morgan fingerprint density at radius 2 is 1.76 bits per heavy atom. The topological polar surface area (TPSA) is 81.4 Å². The molecule has 2 aromatic rings. The maximum Gasteiger partial charge on any atom is 0.262 e. The van der Waals surface area contributed by atoms with Crippen LogP contribution in [0.4, 0.5) is 5.69 Å². The Labute approximate surface area is 128 Å². The van der Waals surface area contributed by atoms with E-state index in [2.05, 4.69) is 4.72 Å². The van der Waals surface area contributed by atoms with E-state index < -0.39 is 10.0 Å². The van der Waals surface area contributed by atoms with Crippen LogP contribution in [0.1, 0.15) is 5.56 Å². The first-order chi connectivity index (χ1) is 9.94. The lowest BCUT2D eigenvalue weighted by molar-refractivity contribution is 0.415. The van der Waals surface area contributed by atoms with E-state index in [1.54, 1.807) is 42.5 Å². The van der Waals surface area contributed by atoms with E-state index in [0.29, 0.717) is 17.0 Å². The van der Waals surface area contributed by atoms with E-state index in [0.717, 1.165) is 0 Å². The lowest BCUT2D eigenvalue weighted by Gasteiger charge is -2.11. The summed E-state index contributed by atoms with van der Waals surface area (Å²) < 4.78 is 32.4. The second-order valence-corrected chi connectivity index (χ2v) is 6.29. The van der Waals surface area contributed by atoms with Gasteiger partial charge < -0.3 is 10.5 Å². The summed E-state index contributed by atoms with van der Waals surface area (Å²) in [5.41, 5.74) is 6.30. The quantitative estimate of drug-likeness (QED) is 0.824. The first-order valence-corrected chi connectivity index (χ1v) is 7.89. The fraction of sp³-hybridized carbons (Fsp3) is 0.0714. The van der Waals surface area contributed by atoms with Gasteiger partial charge in [0.05, 0.1) is 12.0 Å². The van der Waals surface area contributed by atoms with Gasteiger partial charge in [-0.15, -0.1) is 0 Å². The van der Waals surface area contributed by atoms with Gasteiger partial charge in [0.2, 0.25) is 0 Å². The van der Waals surface area contributed by atoms with Crippen LogP contribution in [0.5, 0.6) is 5.75 Å². The molecular formula is C14H14N2O3S2. The highest BCUT2D eigenvalue weighted by Crippen LogP contribution is 2.21. The highest BCUT2D eigenvalue weighted by Gasteiger charge is 2.19. The molecule has 2 rings (SSSR count). The Morgan fingerprint density at radius 3 is 2.33 bits per heavy atom. The predicted octanol–water partition coefficient (Wildman–Crippen LogP) is 2.13. The number of rotatable bonds is 5. The van der Waals surface area contributed by atoms with Gasteiger partial charge in [-0.25, -0.2) is 8.42 Å². The molecule has 110 valence electrons. The number of thiocarbonyl (C=S) groups is 1. The highest BCUT2D eigenvalue weighted by molar-refractivity contribution is 7.93. The van der Waals surface area contributed by atoms with Gasteiger partial charge in [-0.3, -0.25) is 4.72 Å². The minimum atomic E-state index is -3.77. The van der Waals surface area contributed by atoms with E-state index in [-0.39, 0.29) is 9.88 Å². The third kappa shape index (κ3) is 3.50. The van der Waals surface area contributed by atoms with Crippen molar-refractivity contribution in [3.05, 3.63) is 54.1 Å². The number of nitrogens with one attached hydrogen (secondary N) is 1. The Hall–Kier alpha value is -2.12. The summed E-state index contributed by atoms with van der Waals surface area (Å²) in [6.45, 7) is 0. The molecule has 21 heavy (non-hydrogen) atoms. The lowest BCUT2D eigenvalue weighted by Crippen LogP contribution is -2.19. The van der Waals surface area contributed by atoms with E-state index in [1.807, 2.05) is 0 Å². The van der Waals surface area contributed by atoms with E-state index in [4.69, 9.17) is 22.7 Å². The van der Waals surface area contributed by atoms with Crippen molar-refractivity contribution >= 4 is 32.9 Å². The molecule has 5 nitrogen and oxygen atoms in total. The SMILES string of the molecule is COc1ccc(NS(=O)(=O)c2ccccc2C(N)=S)cc1. The summed E-state index contributed by atoms with van der Waals surface area (Å²) in [5.74, 6) is 0.640. The minimum Gasteiger partial charge on any atom is -0.497 e. The molecule has 2 aromatic carbocycles. The van der Waals surface area contributed by atoms with Crippen LogP contribution < -0.4 is 15.2 Å². The zero-order chi connectivity index (χ0) is 15.5. The number of hydrogen-bond acceptors (Lipinski definition) is 4. The molecule has 0 atom stereocenters. The molecule has 0 aliphatic rings. The molecule has 0 unspecified atom stereocenters. The number of ether oxygens (including phenoxy) is 1. The second-order valence-electron chi connectivity index (χ2n) is 4.19. The average Bonchev–Trinajstić information content (AvgIpc) is 2.47. The van der Waals surface area contributed by atoms with Crippen LogP contribution in [-0.2, 0) is 10.0 Å². The summed E-state index contributed by atoms with van der Waals surface area (Å²) in [4.78, 5) is 0.0824. The predicted molar refractivity (Wildman–Crippen MR) is 86.1 cm³/mol. The Bertz CT molecular complexity index is 756. The summed E-state index contributed by atoms with van der Waals surface area (Å²) in [6, 6.07) is 12.9. The molecule has 0 spiro atoms. The third-order valence-electron chi connectivity index (χ3n) is 2.78. The average molecular weight is 322 g/mol. The fourth-order valence-electron chi connectivity index (χ4n) is 1.77. The number of benzene rings is 2. The zero-order valence-electron chi connectivity index (χ0n) is 11.2. The summed E-state index contributed by atoms with van der Waals surface area (Å²) in [7, 11) is -2.23. The first kappa shape index (κ1) is 15.3. The minimum absolute atomic E-state index is 0.0331. The maximum atomic E-state index is 12.4. The largest absolute Gasteiger partial charge is 0.497 e. The molecule has 3 N–H and O–H groups in total. The van der Waals surface area contributed by atoms with E-state index in [9.17, 15) is 8.42 Å². The van der Waals surface area contributed by atoms with Crippen molar-refractivity contribution in [1.29, 1.82) is 0 Å². The number of nitrogens with two attached hydrogens (primary N) is 1. The monoisotopic (exact) mass is 322 g/mol. The molecule has 0 bridgehead atoms. The van der Waals surface area contributed by atoms with Gasteiger partial charge in [0.25, 0.3) is 10.0 Å². The van der Waals surface area contributed by atoms with Crippen LogP contribution in [-0.4, -0.2) is 20.5 Å². The zero-order valence-corrected chi connectivity index (χ0v) is 12.9. The Morgan fingerprint density at radius 1 is 1.14 bits per heavy atom. The van der Waals surface area contributed by atoms with Crippen molar-refractivity contribution in [1.82, 2.24) is 0 Å². The van der Waals surface area contributed by atoms with Gasteiger partial charge in [-0.2, -0.15) is 0 Å². The summed E-state index contributed by atoms with van der Waals surface area (Å²) >= 11 is 4.88. The second kappa shape index (κ2) is 6.11. The van der Waals surface area contributed by atoms with Crippen LogP contribution >= 0.6 is 12.2 Å². The van der Waals surface area contributed by atoms with Gasteiger partial charge in [0.15, 0.2) is 0 Å². The molecular weight excluding hydrogens is 308 g/mol. The Kier molecular flexibility index (Phi) is 4.44. The molecule has 0 saturated heterocycles.